The third kappa shape index (κ3) is 6.18. The normalized spacial score (nSPS) is 24.4. The van der Waals surface area contributed by atoms with Crippen molar-refractivity contribution in [1.82, 2.24) is 10.2 Å². The van der Waals surface area contributed by atoms with Crippen LogP contribution in [0.2, 0.25) is 10.0 Å². The molecule has 1 spiro atoms. The Morgan fingerprint density at radius 2 is 1.94 bits per heavy atom. The topological polar surface area (TPSA) is 134 Å². The Morgan fingerprint density at radius 1 is 1.17 bits per heavy atom. The van der Waals surface area contributed by atoms with Gasteiger partial charge in [0.15, 0.2) is 0 Å². The Balaban J connectivity index is 1.50. The number of carbonyl (C=O) groups excluding carboxylic acids is 2. The van der Waals surface area contributed by atoms with Crippen molar-refractivity contribution in [3.8, 4) is 0 Å². The summed E-state index contributed by atoms with van der Waals surface area (Å²) in [6.45, 7) is 0.0557. The monoisotopic (exact) mass is 698 g/mol. The molecule has 1 saturated heterocycles. The highest BCUT2D eigenvalue weighted by atomic mass is 35.5. The number of aliphatic hydroxyl groups excluding tert-OH is 1. The van der Waals surface area contributed by atoms with Crippen molar-refractivity contribution < 1.29 is 28.7 Å². The summed E-state index contributed by atoms with van der Waals surface area (Å²) in [5, 5.41) is 30.1. The van der Waals surface area contributed by atoms with Crippen molar-refractivity contribution >= 4 is 46.5 Å². The number of ether oxygens (including phenoxy) is 1. The zero-order valence-electron chi connectivity index (χ0n) is 26.4. The van der Waals surface area contributed by atoms with Crippen molar-refractivity contribution in [3.63, 3.8) is 0 Å². The van der Waals surface area contributed by atoms with Crippen molar-refractivity contribution in [3.05, 3.63) is 103 Å². The molecule has 10 nitrogen and oxygen atoms in total. The van der Waals surface area contributed by atoms with Crippen LogP contribution < -0.4 is 10.6 Å². The van der Waals surface area contributed by atoms with Gasteiger partial charge in [-0.25, -0.2) is 9.18 Å². The molecule has 2 aliphatic heterocycles. The van der Waals surface area contributed by atoms with Gasteiger partial charge < -0.3 is 20.5 Å². The standard InChI is InChI=1S/C35H37Cl2FN4O6/c1-48-33(44)21-10-11-23(28(14-21)42(46)47)17-39-32-29(19-43)41(18-20-6-3-2-4-7-20)35(30(32)25-8-5-9-26(37)31(25)38)16-22-12-13-24(36)15-27(22)40-34(35)45/h5,8-15,20,29-30,32,39,43H,2-4,6-7,16-19H2,1H3,(H,40,45)/t29-,30-,32+,35+/m0/s1. The van der Waals surface area contributed by atoms with Crippen LogP contribution >= 0.6 is 23.2 Å². The van der Waals surface area contributed by atoms with Gasteiger partial charge in [0, 0.05) is 59.9 Å². The van der Waals surface area contributed by atoms with Crippen molar-refractivity contribution in [1.29, 1.82) is 0 Å². The molecule has 0 aromatic heterocycles. The van der Waals surface area contributed by atoms with Gasteiger partial charge >= 0.3 is 5.97 Å². The molecule has 254 valence electrons. The van der Waals surface area contributed by atoms with Gasteiger partial charge in [-0.05, 0) is 54.2 Å². The number of esters is 1. The Kier molecular flexibility index (Phi) is 10.1. The van der Waals surface area contributed by atoms with Crippen molar-refractivity contribution in [2.75, 3.05) is 25.6 Å². The first-order valence-corrected chi connectivity index (χ1v) is 16.8. The fourth-order valence-corrected chi connectivity index (χ4v) is 8.42. The predicted molar refractivity (Wildman–Crippen MR) is 180 cm³/mol. The van der Waals surface area contributed by atoms with Crippen LogP contribution in [0, 0.1) is 21.8 Å². The van der Waals surface area contributed by atoms with Gasteiger partial charge in [0.2, 0.25) is 5.91 Å². The number of fused-ring (bicyclic) bond motifs is 1. The largest absolute Gasteiger partial charge is 0.465 e. The van der Waals surface area contributed by atoms with Crippen LogP contribution in [0.1, 0.15) is 65.1 Å². The van der Waals surface area contributed by atoms with Crippen molar-refractivity contribution in [2.45, 2.75) is 68.6 Å². The molecule has 2 fully saturated rings. The minimum absolute atomic E-state index is 0.0242. The van der Waals surface area contributed by atoms with Crippen LogP contribution in [0.4, 0.5) is 15.8 Å². The van der Waals surface area contributed by atoms with E-state index in [0.717, 1.165) is 43.7 Å². The number of likely N-dealkylation sites (tertiary alicyclic amines) is 1. The average Bonchev–Trinajstić information content (AvgIpc) is 3.33. The fraction of sp³-hybridized carbons (Fsp3) is 0.429. The molecule has 0 radical (unpaired) electrons. The van der Waals surface area contributed by atoms with Gasteiger partial charge in [0.25, 0.3) is 5.69 Å². The maximum absolute atomic E-state index is 16.2. The minimum atomic E-state index is -1.37. The number of amides is 1. The van der Waals surface area contributed by atoms with Crippen molar-refractivity contribution in [2.24, 2.45) is 5.92 Å². The molecule has 1 saturated carbocycles. The number of hydrogen-bond acceptors (Lipinski definition) is 8. The van der Waals surface area contributed by atoms with E-state index in [2.05, 4.69) is 10.6 Å². The van der Waals surface area contributed by atoms with Crippen LogP contribution in [-0.2, 0) is 22.5 Å². The Bertz CT molecular complexity index is 1740. The van der Waals surface area contributed by atoms with E-state index in [1.165, 1.54) is 25.3 Å². The molecule has 1 amide bonds. The molecule has 1 aliphatic carbocycles. The van der Waals surface area contributed by atoms with Gasteiger partial charge in [-0.15, -0.1) is 0 Å². The highest BCUT2D eigenvalue weighted by Gasteiger charge is 2.64. The van der Waals surface area contributed by atoms with E-state index >= 15 is 4.39 Å². The quantitative estimate of drug-likeness (QED) is 0.136. The second-order valence-electron chi connectivity index (χ2n) is 12.9. The number of rotatable bonds is 9. The summed E-state index contributed by atoms with van der Waals surface area (Å²) < 4.78 is 21.0. The summed E-state index contributed by atoms with van der Waals surface area (Å²) in [4.78, 5) is 40.4. The second kappa shape index (κ2) is 14.1. The van der Waals surface area contributed by atoms with Gasteiger partial charge in [0.1, 0.15) is 11.4 Å². The molecule has 13 heteroatoms. The van der Waals surface area contributed by atoms with E-state index in [4.69, 9.17) is 27.9 Å². The SMILES string of the molecule is COC(=O)c1ccc(CN[C@@H]2[C@H](CO)N(CC3CCCCC3)[C@]3(Cc4ccc(Cl)cc4NC3=O)[C@H]2c2cccc(Cl)c2F)c([N+](=O)[O-])c1. The van der Waals surface area contributed by atoms with E-state index in [9.17, 15) is 24.8 Å². The molecule has 3 N–H and O–H groups in total. The number of methoxy groups -OCH3 is 1. The number of halogens is 3. The highest BCUT2D eigenvalue weighted by Crippen LogP contribution is 2.52. The van der Waals surface area contributed by atoms with Gasteiger partial charge in [-0.1, -0.05) is 66.7 Å². The van der Waals surface area contributed by atoms with Gasteiger partial charge in [-0.2, -0.15) is 0 Å². The maximum atomic E-state index is 16.2. The number of anilines is 1. The minimum Gasteiger partial charge on any atom is -0.465 e. The molecular weight excluding hydrogens is 662 g/mol. The van der Waals surface area contributed by atoms with E-state index in [1.807, 2.05) is 11.0 Å². The van der Waals surface area contributed by atoms with E-state index in [-0.39, 0.29) is 58.8 Å². The molecule has 4 atom stereocenters. The summed E-state index contributed by atoms with van der Waals surface area (Å²) in [6, 6.07) is 12.6. The Hall–Kier alpha value is -3.61. The zero-order valence-corrected chi connectivity index (χ0v) is 27.9. The molecule has 0 bridgehead atoms. The molecule has 6 rings (SSSR count). The second-order valence-corrected chi connectivity index (χ2v) is 13.7. The molecule has 3 aliphatic rings. The smallest absolute Gasteiger partial charge is 0.338 e. The lowest BCUT2D eigenvalue weighted by molar-refractivity contribution is -0.385. The van der Waals surface area contributed by atoms with E-state index in [1.54, 1.807) is 24.3 Å². The summed E-state index contributed by atoms with van der Waals surface area (Å²) in [5.41, 5.74) is 0.205. The van der Waals surface area contributed by atoms with Crippen LogP contribution in [0.3, 0.4) is 0 Å². The molecule has 48 heavy (non-hydrogen) atoms. The number of carbonyl (C=O) groups is 2. The first kappa shape index (κ1) is 34.3. The number of hydrogen-bond donors (Lipinski definition) is 3. The summed E-state index contributed by atoms with van der Waals surface area (Å²) >= 11 is 12.7. The third-order valence-corrected chi connectivity index (χ3v) is 10.8. The number of benzene rings is 3. The number of nitro groups is 1. The summed E-state index contributed by atoms with van der Waals surface area (Å²) in [5.74, 6) is -2.37. The predicted octanol–water partition coefficient (Wildman–Crippen LogP) is 6.26. The molecule has 0 unspecified atom stereocenters. The lowest BCUT2D eigenvalue weighted by Crippen LogP contribution is -2.62. The van der Waals surface area contributed by atoms with E-state index in [0.29, 0.717) is 17.3 Å². The number of aliphatic hydroxyl groups is 1. The summed E-state index contributed by atoms with van der Waals surface area (Å²) in [7, 11) is 1.19. The van der Waals surface area contributed by atoms with Crippen LogP contribution in [0.5, 0.6) is 0 Å². The molecule has 2 heterocycles. The van der Waals surface area contributed by atoms with Crippen LogP contribution in [-0.4, -0.2) is 64.7 Å². The van der Waals surface area contributed by atoms with E-state index < -0.39 is 40.3 Å². The Morgan fingerprint density at radius 3 is 2.65 bits per heavy atom. The molecule has 3 aromatic rings. The summed E-state index contributed by atoms with van der Waals surface area (Å²) in [6.07, 6.45) is 5.38. The number of nitrogens with zero attached hydrogens (tertiary/aromatic N) is 2. The van der Waals surface area contributed by atoms with Crippen LogP contribution in [0.15, 0.2) is 54.6 Å². The van der Waals surface area contributed by atoms with Gasteiger partial charge in [0.05, 0.1) is 29.2 Å². The lowest BCUT2D eigenvalue weighted by Gasteiger charge is -2.46. The maximum Gasteiger partial charge on any atom is 0.338 e. The van der Waals surface area contributed by atoms with Gasteiger partial charge in [-0.3, -0.25) is 19.8 Å². The van der Waals surface area contributed by atoms with Crippen LogP contribution in [0.25, 0.3) is 0 Å². The lowest BCUT2D eigenvalue weighted by atomic mass is 9.71. The third-order valence-electron chi connectivity index (χ3n) is 10.3. The average molecular weight is 700 g/mol. The first-order valence-electron chi connectivity index (χ1n) is 16.1. The molecular formula is C35H37Cl2FN4O6. The zero-order chi connectivity index (χ0) is 34.2. The molecule has 3 aromatic carbocycles. The fourth-order valence-electron chi connectivity index (χ4n) is 8.07. The Labute approximate surface area is 287 Å². The first-order chi connectivity index (χ1) is 23.1. The number of nitrogens with one attached hydrogen (secondary N) is 2. The highest BCUT2D eigenvalue weighted by molar-refractivity contribution is 6.31. The number of nitro benzene ring substituents is 1.